The van der Waals surface area contributed by atoms with E-state index in [2.05, 4.69) is 20.4 Å². The molecule has 8 rings (SSSR count). The van der Waals surface area contributed by atoms with Crippen molar-refractivity contribution in [2.24, 2.45) is 11.0 Å². The molecule has 2 amide bonds. The number of hydrogen-bond donors (Lipinski definition) is 2. The molecule has 2 atom stereocenters. The predicted molar refractivity (Wildman–Crippen MR) is 187 cm³/mol. The second kappa shape index (κ2) is 12.6. The third-order valence-electron chi connectivity index (χ3n) is 10.5. The Morgan fingerprint density at radius 2 is 1.88 bits per heavy atom. The van der Waals surface area contributed by atoms with Gasteiger partial charge in [-0.1, -0.05) is 11.6 Å². The minimum absolute atomic E-state index is 0.00267. The van der Waals surface area contributed by atoms with Gasteiger partial charge in [0, 0.05) is 61.4 Å². The van der Waals surface area contributed by atoms with Gasteiger partial charge in [0.1, 0.15) is 11.3 Å². The van der Waals surface area contributed by atoms with Gasteiger partial charge in [0.2, 0.25) is 5.43 Å². The number of carbonyl (C=O) groups excluding carboxylic acids is 2. The summed E-state index contributed by atoms with van der Waals surface area (Å²) in [6.07, 6.45) is 7.81. The van der Waals surface area contributed by atoms with Crippen LogP contribution in [0.5, 0.6) is 5.75 Å². The van der Waals surface area contributed by atoms with Crippen molar-refractivity contribution in [1.82, 2.24) is 19.9 Å². The number of pyridine rings is 2. The fourth-order valence-corrected chi connectivity index (χ4v) is 7.89. The zero-order valence-corrected chi connectivity index (χ0v) is 28.1. The van der Waals surface area contributed by atoms with E-state index in [1.165, 1.54) is 25.7 Å². The highest BCUT2D eigenvalue weighted by Gasteiger charge is 2.44. The van der Waals surface area contributed by atoms with Crippen molar-refractivity contribution in [3.63, 3.8) is 0 Å². The molecule has 2 N–H and O–H groups in total. The second-order valence-electron chi connectivity index (χ2n) is 13.7. The number of nitrogens with zero attached hydrogens (tertiary/aromatic N) is 6. The number of likely N-dealkylation sites (tertiary alicyclic amines) is 1. The number of methoxy groups -OCH3 is 1. The minimum Gasteiger partial charge on any atom is -0.492 e. The van der Waals surface area contributed by atoms with Crippen LogP contribution >= 0.6 is 0 Å². The van der Waals surface area contributed by atoms with Crippen LogP contribution in [-0.2, 0) is 4.79 Å². The van der Waals surface area contributed by atoms with Crippen molar-refractivity contribution in [2.75, 3.05) is 43.2 Å². The number of anilines is 2. The molecule has 4 aliphatic rings. The molecular formula is C37H36FN7O6. The number of carboxylic acid groups (broad SMARTS) is 1. The summed E-state index contributed by atoms with van der Waals surface area (Å²) in [6, 6.07) is 9.96. The van der Waals surface area contributed by atoms with Gasteiger partial charge in [0.25, 0.3) is 11.8 Å². The molecular weight excluding hydrogens is 657 g/mol. The molecule has 0 radical (unpaired) electrons. The summed E-state index contributed by atoms with van der Waals surface area (Å²) in [6.45, 7) is 3.92. The molecule has 3 aliphatic heterocycles. The van der Waals surface area contributed by atoms with Gasteiger partial charge in [-0.15, -0.1) is 0 Å². The number of nitrogens with one attached hydrogen (secondary N) is 1. The lowest BCUT2D eigenvalue weighted by molar-refractivity contribution is -0.112. The molecule has 0 bridgehead atoms. The summed E-state index contributed by atoms with van der Waals surface area (Å²) < 4.78 is 23.8. The molecule has 1 saturated carbocycles. The molecule has 0 spiro atoms. The van der Waals surface area contributed by atoms with Gasteiger partial charge >= 0.3 is 5.97 Å². The third-order valence-corrected chi connectivity index (χ3v) is 10.5. The molecule has 1 aliphatic carbocycles. The lowest BCUT2D eigenvalue weighted by atomic mass is 9.92. The van der Waals surface area contributed by atoms with E-state index < -0.39 is 28.7 Å². The van der Waals surface area contributed by atoms with Crippen molar-refractivity contribution in [3.05, 3.63) is 93.3 Å². The van der Waals surface area contributed by atoms with Crippen LogP contribution in [0.1, 0.15) is 63.6 Å². The SMILES string of the molecule is COc1c(N2C[C@@H]3CCCN(CN4C(=O)/C(=N\NC(=O)c5ccncc5)c5cc(C)ccc54)[C@@H]3C2)c(F)cc2c(=O)c(C(=O)O)cn(C3CC3)c12. The van der Waals surface area contributed by atoms with Gasteiger partial charge in [0.15, 0.2) is 17.3 Å². The fourth-order valence-electron chi connectivity index (χ4n) is 7.89. The Balaban J connectivity index is 1.09. The predicted octanol–water partition coefficient (Wildman–Crippen LogP) is 3.92. The summed E-state index contributed by atoms with van der Waals surface area (Å²) in [4.78, 5) is 61.7. The van der Waals surface area contributed by atoms with Crippen molar-refractivity contribution in [1.29, 1.82) is 0 Å². The van der Waals surface area contributed by atoms with Crippen molar-refractivity contribution >= 4 is 45.8 Å². The number of halogens is 1. The Hall–Kier alpha value is -5.63. The minimum atomic E-state index is -1.36. The topological polar surface area (TPSA) is 150 Å². The van der Waals surface area contributed by atoms with Crippen LogP contribution < -0.4 is 25.4 Å². The number of hydrazone groups is 1. The number of rotatable bonds is 8. The second-order valence-corrected chi connectivity index (χ2v) is 13.7. The van der Waals surface area contributed by atoms with Gasteiger partial charge in [-0.2, -0.15) is 5.10 Å². The maximum atomic E-state index is 16.2. The molecule has 3 fully saturated rings. The molecule has 4 aromatic rings. The normalized spacial score (nSPS) is 20.9. The van der Waals surface area contributed by atoms with E-state index in [9.17, 15) is 24.3 Å². The molecule has 51 heavy (non-hydrogen) atoms. The van der Waals surface area contributed by atoms with Gasteiger partial charge < -0.3 is 19.3 Å². The number of piperidine rings is 1. The Labute approximate surface area is 291 Å². The average Bonchev–Trinajstić information content (AvgIpc) is 3.82. The van der Waals surface area contributed by atoms with Crippen LogP contribution in [0.4, 0.5) is 15.8 Å². The van der Waals surface area contributed by atoms with E-state index in [-0.39, 0.29) is 53.1 Å². The van der Waals surface area contributed by atoms with Gasteiger partial charge in [-0.05, 0) is 68.9 Å². The van der Waals surface area contributed by atoms with Crippen molar-refractivity contribution in [3.8, 4) is 5.75 Å². The van der Waals surface area contributed by atoms with Crippen molar-refractivity contribution < 1.29 is 28.6 Å². The summed E-state index contributed by atoms with van der Waals surface area (Å²) in [5, 5.41) is 14.0. The third kappa shape index (κ3) is 5.59. The highest BCUT2D eigenvalue weighted by molar-refractivity contribution is 6.54. The van der Waals surface area contributed by atoms with E-state index >= 15 is 4.39 Å². The number of aryl methyl sites for hydroxylation is 1. The Bertz CT molecular complexity index is 2200. The molecule has 262 valence electrons. The van der Waals surface area contributed by atoms with Crippen LogP contribution in [0.3, 0.4) is 0 Å². The van der Waals surface area contributed by atoms with E-state index in [0.29, 0.717) is 35.4 Å². The first-order chi connectivity index (χ1) is 24.6. The molecule has 0 unspecified atom stereocenters. The molecule has 2 saturated heterocycles. The van der Waals surface area contributed by atoms with E-state index in [1.807, 2.05) is 30.0 Å². The summed E-state index contributed by atoms with van der Waals surface area (Å²) >= 11 is 0. The molecule has 2 aromatic carbocycles. The van der Waals surface area contributed by atoms with Crippen LogP contribution in [0, 0.1) is 18.7 Å². The molecule has 2 aromatic heterocycles. The fraction of sp³-hybridized carbons (Fsp3) is 0.351. The first kappa shape index (κ1) is 32.6. The van der Waals surface area contributed by atoms with Gasteiger partial charge in [-0.25, -0.2) is 14.6 Å². The lowest BCUT2D eigenvalue weighted by Gasteiger charge is -2.39. The molecule has 14 heteroatoms. The largest absolute Gasteiger partial charge is 0.492 e. The van der Waals surface area contributed by atoms with E-state index in [1.54, 1.807) is 21.6 Å². The van der Waals surface area contributed by atoms with Crippen LogP contribution in [0.15, 0.2) is 64.9 Å². The van der Waals surface area contributed by atoms with E-state index in [4.69, 9.17) is 4.74 Å². The first-order valence-corrected chi connectivity index (χ1v) is 17.0. The highest BCUT2D eigenvalue weighted by atomic mass is 19.1. The maximum absolute atomic E-state index is 16.2. The zero-order chi connectivity index (χ0) is 35.6. The molecule has 13 nitrogen and oxygen atoms in total. The van der Waals surface area contributed by atoms with Crippen LogP contribution in [0.2, 0.25) is 0 Å². The molecule has 5 heterocycles. The standard InChI is InChI=1S/C37H36FN7O6/c1-20-5-8-28-24(14-20)30(40-41-35(47)21-9-11-39-12-10-21)36(48)45(28)19-42-13-3-4-22-16-43(18-29(22)42)32-27(38)15-25-31(34(32)51-2)44(23-6-7-23)17-26(33(25)46)37(49)50/h5,8-12,14-15,17,22-23,29H,3-4,6-7,13,16,18-19H2,1-2H3,(H,41,47)(H,49,50)/b40-30-/t22-,29+/m0/s1. The number of hydrogen-bond acceptors (Lipinski definition) is 9. The van der Waals surface area contributed by atoms with Crippen molar-refractivity contribution in [2.45, 2.75) is 44.7 Å². The number of carbonyl (C=O) groups is 3. The van der Waals surface area contributed by atoms with Crippen LogP contribution in [-0.4, -0.2) is 82.5 Å². The number of ether oxygens (including phenoxy) is 1. The Morgan fingerprint density at radius 3 is 2.61 bits per heavy atom. The van der Waals surface area contributed by atoms with Gasteiger partial charge in [-0.3, -0.25) is 29.2 Å². The smallest absolute Gasteiger partial charge is 0.341 e. The number of benzene rings is 2. The van der Waals surface area contributed by atoms with E-state index in [0.717, 1.165) is 43.9 Å². The average molecular weight is 694 g/mol. The Morgan fingerprint density at radius 1 is 1.10 bits per heavy atom. The lowest BCUT2D eigenvalue weighted by Crippen LogP contribution is -2.51. The van der Waals surface area contributed by atoms with Gasteiger partial charge in [0.05, 0.1) is 30.4 Å². The summed E-state index contributed by atoms with van der Waals surface area (Å²) in [5.74, 6) is -2.41. The number of aromatic carboxylic acids is 1. The number of carboxylic acids is 1. The Kier molecular flexibility index (Phi) is 8.05. The summed E-state index contributed by atoms with van der Waals surface area (Å²) in [7, 11) is 1.44. The first-order valence-electron chi connectivity index (χ1n) is 17.0. The number of fused-ring (bicyclic) bond motifs is 3. The number of aromatic nitrogens is 2. The van der Waals surface area contributed by atoms with Crippen LogP contribution in [0.25, 0.3) is 10.9 Å². The monoisotopic (exact) mass is 693 g/mol. The maximum Gasteiger partial charge on any atom is 0.341 e. The highest BCUT2D eigenvalue weighted by Crippen LogP contribution is 2.46. The zero-order valence-electron chi connectivity index (χ0n) is 28.1. The summed E-state index contributed by atoms with van der Waals surface area (Å²) in [5.41, 5.74) is 4.81. The number of amides is 2. The quantitative estimate of drug-likeness (QED) is 0.262.